The van der Waals surface area contributed by atoms with Gasteiger partial charge in [0, 0.05) is 16.7 Å². The minimum Gasteiger partial charge on any atom is -0.206 e. The molecule has 0 amide bonds. The first-order chi connectivity index (χ1) is 12.5. The highest BCUT2D eigenvalue weighted by Crippen LogP contribution is 2.52. The lowest BCUT2D eigenvalue weighted by molar-refractivity contribution is 0.504. The van der Waals surface area contributed by atoms with E-state index >= 15 is 4.39 Å². The van der Waals surface area contributed by atoms with Gasteiger partial charge in [0.1, 0.15) is 5.82 Å². The lowest BCUT2D eigenvalue weighted by atomic mass is 9.77. The second-order valence-corrected chi connectivity index (χ2v) is 6.62. The van der Waals surface area contributed by atoms with Crippen LogP contribution in [0, 0.1) is 24.4 Å². The summed E-state index contributed by atoms with van der Waals surface area (Å²) < 4.78 is 43.3. The van der Waals surface area contributed by atoms with Crippen molar-refractivity contribution in [2.45, 2.75) is 19.8 Å². The maximum Gasteiger partial charge on any atom is 0.167 e. The van der Waals surface area contributed by atoms with E-state index in [-0.39, 0.29) is 16.7 Å². The topological polar surface area (TPSA) is 0 Å². The zero-order chi connectivity index (χ0) is 18.4. The molecule has 0 heterocycles. The van der Waals surface area contributed by atoms with Crippen molar-refractivity contribution in [3.8, 4) is 33.4 Å². The molecule has 0 N–H and O–H groups in total. The number of halogens is 3. The molecule has 0 fully saturated rings. The number of hydrogen-bond donors (Lipinski definition) is 0. The molecule has 0 unspecified atom stereocenters. The molecule has 26 heavy (non-hydrogen) atoms. The van der Waals surface area contributed by atoms with Crippen molar-refractivity contribution < 1.29 is 13.2 Å². The minimum atomic E-state index is -0.969. The molecule has 0 spiro atoms. The fraction of sp³-hybridized carbons (Fsp3) is 0.130. The van der Waals surface area contributed by atoms with Crippen LogP contribution >= 0.6 is 0 Å². The van der Waals surface area contributed by atoms with Gasteiger partial charge in [-0.1, -0.05) is 42.5 Å². The van der Waals surface area contributed by atoms with Crippen LogP contribution < -0.4 is 0 Å². The van der Waals surface area contributed by atoms with Gasteiger partial charge in [-0.25, -0.2) is 13.2 Å². The number of hydrogen-bond acceptors (Lipinski definition) is 0. The Hall–Kier alpha value is -2.81. The minimum absolute atomic E-state index is 0.0463. The quantitative estimate of drug-likeness (QED) is 0.353. The van der Waals surface area contributed by atoms with E-state index in [1.54, 1.807) is 18.2 Å². The summed E-state index contributed by atoms with van der Waals surface area (Å²) in [5.74, 6) is -2.38. The Morgan fingerprint density at radius 3 is 2.15 bits per heavy atom. The first-order valence-corrected chi connectivity index (χ1v) is 8.55. The molecule has 4 rings (SSSR count). The third kappa shape index (κ3) is 2.38. The smallest absolute Gasteiger partial charge is 0.167 e. The van der Waals surface area contributed by atoms with Crippen molar-refractivity contribution in [2.24, 2.45) is 0 Å². The molecule has 0 saturated heterocycles. The largest absolute Gasteiger partial charge is 0.206 e. The van der Waals surface area contributed by atoms with Gasteiger partial charge in [0.15, 0.2) is 11.6 Å². The van der Waals surface area contributed by atoms with Gasteiger partial charge in [-0.05, 0) is 53.6 Å². The maximum absolute atomic E-state index is 15.1. The molecule has 3 aromatic rings. The summed E-state index contributed by atoms with van der Waals surface area (Å²) >= 11 is 0. The van der Waals surface area contributed by atoms with E-state index in [1.807, 2.05) is 30.3 Å². The molecule has 0 saturated carbocycles. The van der Waals surface area contributed by atoms with E-state index in [0.717, 1.165) is 18.4 Å². The molecule has 3 aromatic carbocycles. The van der Waals surface area contributed by atoms with Gasteiger partial charge < -0.3 is 0 Å². The average Bonchev–Trinajstić information content (AvgIpc) is 2.64. The van der Waals surface area contributed by atoms with Gasteiger partial charge in [0.05, 0.1) is 0 Å². The standard InChI is InChI=1S/C23H17F3/c1-3-4-5-14-6-8-15(9-7-14)16-10-11-17-18-12-13(2)21(24)23(26)20(18)19(17)22(16)25/h3,6-12H,1,4-5H2,2H3. The lowest BCUT2D eigenvalue weighted by Gasteiger charge is -2.27. The van der Waals surface area contributed by atoms with Crippen LogP contribution in [0.4, 0.5) is 13.2 Å². The SMILES string of the molecule is C=CCCc1ccc(-c2ccc3c(c2F)-c2c-3cc(C)c(F)c2F)cc1. The number of fused-ring (bicyclic) bond motifs is 4. The Kier molecular flexibility index (Phi) is 3.95. The normalized spacial score (nSPS) is 11.5. The van der Waals surface area contributed by atoms with Crippen LogP contribution in [0.15, 0.2) is 55.1 Å². The second-order valence-electron chi connectivity index (χ2n) is 6.62. The summed E-state index contributed by atoms with van der Waals surface area (Å²) in [5.41, 5.74) is 3.90. The van der Waals surface area contributed by atoms with Gasteiger partial charge in [-0.2, -0.15) is 0 Å². The first-order valence-electron chi connectivity index (χ1n) is 8.55. The van der Waals surface area contributed by atoms with Gasteiger partial charge in [0.25, 0.3) is 0 Å². The summed E-state index contributed by atoms with van der Waals surface area (Å²) in [5, 5.41) is 0. The predicted molar refractivity (Wildman–Crippen MR) is 99.4 cm³/mol. The predicted octanol–water partition coefficient (Wildman–Crippen LogP) is 6.85. The Morgan fingerprint density at radius 2 is 1.46 bits per heavy atom. The molecule has 0 nitrogen and oxygen atoms in total. The van der Waals surface area contributed by atoms with Crippen molar-refractivity contribution in [1.82, 2.24) is 0 Å². The second kappa shape index (κ2) is 6.17. The molecule has 0 aliphatic heterocycles. The molecule has 130 valence electrons. The van der Waals surface area contributed by atoms with Crippen molar-refractivity contribution in [3.63, 3.8) is 0 Å². The molecule has 1 aliphatic carbocycles. The van der Waals surface area contributed by atoms with Crippen LogP contribution in [0.3, 0.4) is 0 Å². The molecule has 0 bridgehead atoms. The molecular formula is C23H17F3. The van der Waals surface area contributed by atoms with Crippen LogP contribution in [0.25, 0.3) is 33.4 Å². The van der Waals surface area contributed by atoms with Gasteiger partial charge in [-0.3, -0.25) is 0 Å². The summed E-state index contributed by atoms with van der Waals surface area (Å²) in [4.78, 5) is 0. The van der Waals surface area contributed by atoms with Crippen molar-refractivity contribution in [1.29, 1.82) is 0 Å². The summed E-state index contributed by atoms with van der Waals surface area (Å²) in [6.07, 6.45) is 3.62. The zero-order valence-electron chi connectivity index (χ0n) is 14.4. The van der Waals surface area contributed by atoms with Gasteiger partial charge >= 0.3 is 0 Å². The summed E-state index contributed by atoms with van der Waals surface area (Å²) in [6, 6.07) is 12.7. The number of aryl methyl sites for hydroxylation is 2. The Balaban J connectivity index is 1.77. The Labute approximate surface area is 150 Å². The van der Waals surface area contributed by atoms with Crippen LogP contribution in [0.2, 0.25) is 0 Å². The van der Waals surface area contributed by atoms with E-state index in [0.29, 0.717) is 22.3 Å². The molecule has 0 atom stereocenters. The fourth-order valence-electron chi connectivity index (χ4n) is 3.54. The zero-order valence-corrected chi connectivity index (χ0v) is 14.4. The van der Waals surface area contributed by atoms with E-state index in [9.17, 15) is 8.78 Å². The molecule has 0 aromatic heterocycles. The van der Waals surface area contributed by atoms with Crippen LogP contribution in [0.5, 0.6) is 0 Å². The van der Waals surface area contributed by atoms with Crippen molar-refractivity contribution in [3.05, 3.63) is 83.7 Å². The van der Waals surface area contributed by atoms with E-state index in [2.05, 4.69) is 6.58 Å². The first kappa shape index (κ1) is 16.6. The third-order valence-corrected chi connectivity index (χ3v) is 4.97. The lowest BCUT2D eigenvalue weighted by Crippen LogP contribution is -2.08. The summed E-state index contributed by atoms with van der Waals surface area (Å²) in [6.45, 7) is 5.22. The molecule has 0 radical (unpaired) electrons. The molecule has 3 heteroatoms. The maximum atomic E-state index is 15.1. The fourth-order valence-corrected chi connectivity index (χ4v) is 3.54. The molecule has 1 aliphatic rings. The Bertz CT molecular complexity index is 1030. The molecular weight excluding hydrogens is 333 g/mol. The van der Waals surface area contributed by atoms with Crippen molar-refractivity contribution in [2.75, 3.05) is 0 Å². The van der Waals surface area contributed by atoms with Crippen LogP contribution in [-0.2, 0) is 6.42 Å². The highest BCUT2D eigenvalue weighted by Gasteiger charge is 2.33. The summed E-state index contributed by atoms with van der Waals surface area (Å²) in [7, 11) is 0. The monoisotopic (exact) mass is 350 g/mol. The highest BCUT2D eigenvalue weighted by molar-refractivity contribution is 6.04. The van der Waals surface area contributed by atoms with E-state index in [1.165, 1.54) is 6.92 Å². The highest BCUT2D eigenvalue weighted by atomic mass is 19.2. The average molecular weight is 350 g/mol. The third-order valence-electron chi connectivity index (χ3n) is 4.97. The number of benzene rings is 3. The van der Waals surface area contributed by atoms with Gasteiger partial charge in [0.2, 0.25) is 0 Å². The van der Waals surface area contributed by atoms with E-state index in [4.69, 9.17) is 0 Å². The van der Waals surface area contributed by atoms with Crippen molar-refractivity contribution >= 4 is 0 Å². The van der Waals surface area contributed by atoms with Crippen LogP contribution in [-0.4, -0.2) is 0 Å². The van der Waals surface area contributed by atoms with Gasteiger partial charge in [-0.15, -0.1) is 6.58 Å². The Morgan fingerprint density at radius 1 is 0.808 bits per heavy atom. The number of allylic oxidation sites excluding steroid dienone is 1. The van der Waals surface area contributed by atoms with E-state index < -0.39 is 17.5 Å². The van der Waals surface area contributed by atoms with Crippen LogP contribution in [0.1, 0.15) is 17.5 Å². The number of rotatable bonds is 4.